The average molecular weight is 446 g/mol. The predicted octanol–water partition coefficient (Wildman–Crippen LogP) is 2.50. The summed E-state index contributed by atoms with van der Waals surface area (Å²) in [5.41, 5.74) is 1.16. The fraction of sp³-hybridized carbons (Fsp3) is 0.611. The van der Waals surface area contributed by atoms with Crippen LogP contribution in [0.25, 0.3) is 0 Å². The minimum atomic E-state index is 0. The van der Waals surface area contributed by atoms with E-state index in [0.29, 0.717) is 5.92 Å². The van der Waals surface area contributed by atoms with Crippen LogP contribution >= 0.6 is 24.0 Å². The van der Waals surface area contributed by atoms with Crippen LogP contribution in [0.4, 0.5) is 0 Å². The molecule has 2 atom stereocenters. The van der Waals surface area contributed by atoms with Gasteiger partial charge in [-0.1, -0.05) is 18.2 Å². The molecule has 0 aliphatic carbocycles. The third-order valence-electron chi connectivity index (χ3n) is 4.25. The number of ether oxygens (including phenoxy) is 1. The number of para-hydroxylation sites is 1. The van der Waals surface area contributed by atoms with Crippen LogP contribution in [-0.2, 0) is 0 Å². The Hall–Kier alpha value is -1.02. The van der Waals surface area contributed by atoms with Gasteiger partial charge in [0.25, 0.3) is 0 Å². The van der Waals surface area contributed by atoms with Crippen molar-refractivity contribution in [2.24, 2.45) is 10.9 Å². The van der Waals surface area contributed by atoms with Gasteiger partial charge in [0.05, 0.1) is 6.54 Å². The molecule has 0 amide bonds. The summed E-state index contributed by atoms with van der Waals surface area (Å²) in [5, 5.41) is 6.76. The van der Waals surface area contributed by atoms with Gasteiger partial charge < -0.3 is 20.3 Å². The van der Waals surface area contributed by atoms with E-state index in [1.54, 1.807) is 0 Å². The molecule has 24 heavy (non-hydrogen) atoms. The van der Waals surface area contributed by atoms with Crippen molar-refractivity contribution in [1.29, 1.82) is 0 Å². The normalized spacial score (nSPS) is 19.5. The van der Waals surface area contributed by atoms with Crippen molar-refractivity contribution in [2.45, 2.75) is 26.4 Å². The first-order valence-electron chi connectivity index (χ1n) is 8.44. The standard InChI is InChI=1S/C18H30N4O.HI/c1-14-7-5-6-8-17(14)23-15(2)11-20-18(19-3)21-12-16-9-10-22(4)13-16;/h5-8,15-16H,9-13H2,1-4H3,(H2,19,20,21);1H. The van der Waals surface area contributed by atoms with E-state index in [2.05, 4.69) is 47.5 Å². The van der Waals surface area contributed by atoms with Gasteiger partial charge in [-0.15, -0.1) is 24.0 Å². The molecule has 1 fully saturated rings. The molecule has 1 aliphatic heterocycles. The first kappa shape index (κ1) is 21.0. The highest BCUT2D eigenvalue weighted by molar-refractivity contribution is 14.0. The second-order valence-corrected chi connectivity index (χ2v) is 6.44. The van der Waals surface area contributed by atoms with E-state index in [-0.39, 0.29) is 30.1 Å². The zero-order valence-electron chi connectivity index (χ0n) is 15.2. The molecule has 2 N–H and O–H groups in total. The van der Waals surface area contributed by atoms with Crippen molar-refractivity contribution in [3.05, 3.63) is 29.8 Å². The summed E-state index contributed by atoms with van der Waals surface area (Å²) < 4.78 is 5.98. The number of likely N-dealkylation sites (tertiary alicyclic amines) is 1. The zero-order valence-corrected chi connectivity index (χ0v) is 17.5. The van der Waals surface area contributed by atoms with E-state index in [1.165, 1.54) is 13.0 Å². The van der Waals surface area contributed by atoms with Gasteiger partial charge in [0.15, 0.2) is 5.96 Å². The Kier molecular flexibility index (Phi) is 9.43. The van der Waals surface area contributed by atoms with E-state index in [9.17, 15) is 0 Å². The number of aryl methyl sites for hydroxylation is 1. The first-order chi connectivity index (χ1) is 11.1. The topological polar surface area (TPSA) is 48.9 Å². The highest BCUT2D eigenvalue weighted by Crippen LogP contribution is 2.17. The zero-order chi connectivity index (χ0) is 16.7. The van der Waals surface area contributed by atoms with Gasteiger partial charge in [0.2, 0.25) is 0 Å². The number of halogens is 1. The number of nitrogens with one attached hydrogen (secondary N) is 2. The van der Waals surface area contributed by atoms with E-state index < -0.39 is 0 Å². The lowest BCUT2D eigenvalue weighted by Gasteiger charge is -2.19. The van der Waals surface area contributed by atoms with E-state index in [0.717, 1.165) is 36.9 Å². The van der Waals surface area contributed by atoms with E-state index in [4.69, 9.17) is 4.74 Å². The summed E-state index contributed by atoms with van der Waals surface area (Å²) in [4.78, 5) is 6.67. The number of hydrogen-bond acceptors (Lipinski definition) is 3. The Morgan fingerprint density at radius 3 is 2.75 bits per heavy atom. The molecule has 0 radical (unpaired) electrons. The van der Waals surface area contributed by atoms with Crippen LogP contribution in [0.5, 0.6) is 5.75 Å². The van der Waals surface area contributed by atoms with Crippen molar-refractivity contribution in [3.63, 3.8) is 0 Å². The molecule has 5 nitrogen and oxygen atoms in total. The SMILES string of the molecule is CN=C(NCC1CCN(C)C1)NCC(C)Oc1ccccc1C.I. The lowest BCUT2D eigenvalue weighted by Crippen LogP contribution is -2.43. The number of hydrogen-bond donors (Lipinski definition) is 2. The summed E-state index contributed by atoms with van der Waals surface area (Å²) >= 11 is 0. The van der Waals surface area contributed by atoms with E-state index >= 15 is 0 Å². The van der Waals surface area contributed by atoms with Gasteiger partial charge >= 0.3 is 0 Å². The number of rotatable bonds is 6. The van der Waals surface area contributed by atoms with Crippen molar-refractivity contribution in [1.82, 2.24) is 15.5 Å². The third kappa shape index (κ3) is 6.84. The molecule has 0 saturated carbocycles. The summed E-state index contributed by atoms with van der Waals surface area (Å²) in [6, 6.07) is 8.10. The van der Waals surface area contributed by atoms with Gasteiger partial charge in [0, 0.05) is 20.1 Å². The lowest BCUT2D eigenvalue weighted by molar-refractivity contribution is 0.222. The molecular weight excluding hydrogens is 415 g/mol. The Balaban J connectivity index is 0.00000288. The maximum absolute atomic E-state index is 5.98. The highest BCUT2D eigenvalue weighted by atomic mass is 127. The molecule has 1 aromatic rings. The van der Waals surface area contributed by atoms with Crippen LogP contribution < -0.4 is 15.4 Å². The molecule has 1 heterocycles. The minimum absolute atomic E-state index is 0. The third-order valence-corrected chi connectivity index (χ3v) is 4.25. The maximum Gasteiger partial charge on any atom is 0.191 e. The quantitative estimate of drug-likeness (QED) is 0.401. The number of guanidine groups is 1. The molecule has 0 spiro atoms. The second-order valence-electron chi connectivity index (χ2n) is 6.44. The molecule has 2 unspecified atom stereocenters. The minimum Gasteiger partial charge on any atom is -0.489 e. The number of nitrogens with zero attached hydrogens (tertiary/aromatic N) is 2. The maximum atomic E-state index is 5.98. The highest BCUT2D eigenvalue weighted by Gasteiger charge is 2.19. The summed E-state index contributed by atoms with van der Waals surface area (Å²) in [6.07, 6.45) is 1.33. The monoisotopic (exact) mass is 446 g/mol. The largest absolute Gasteiger partial charge is 0.489 e. The summed E-state index contributed by atoms with van der Waals surface area (Å²) in [5.74, 6) is 2.50. The molecule has 2 rings (SSSR count). The van der Waals surface area contributed by atoms with Crippen LogP contribution in [0, 0.1) is 12.8 Å². The van der Waals surface area contributed by atoms with Gasteiger partial charge in [-0.25, -0.2) is 0 Å². The van der Waals surface area contributed by atoms with Crippen LogP contribution in [0.2, 0.25) is 0 Å². The predicted molar refractivity (Wildman–Crippen MR) is 112 cm³/mol. The van der Waals surface area contributed by atoms with Crippen molar-refractivity contribution >= 4 is 29.9 Å². The molecule has 0 bridgehead atoms. The summed E-state index contributed by atoms with van der Waals surface area (Å²) in [6.45, 7) is 8.18. The Bertz CT molecular complexity index is 523. The Morgan fingerprint density at radius 2 is 2.12 bits per heavy atom. The molecule has 136 valence electrons. The summed E-state index contributed by atoms with van der Waals surface area (Å²) in [7, 11) is 3.99. The van der Waals surface area contributed by atoms with Gasteiger partial charge in [-0.2, -0.15) is 0 Å². The van der Waals surface area contributed by atoms with Gasteiger partial charge in [0.1, 0.15) is 11.9 Å². The van der Waals surface area contributed by atoms with Crippen molar-refractivity contribution in [2.75, 3.05) is 40.3 Å². The van der Waals surface area contributed by atoms with Gasteiger partial charge in [-0.3, -0.25) is 4.99 Å². The van der Waals surface area contributed by atoms with Crippen LogP contribution in [-0.4, -0.2) is 57.2 Å². The average Bonchev–Trinajstić information content (AvgIpc) is 2.95. The van der Waals surface area contributed by atoms with E-state index in [1.807, 2.05) is 25.2 Å². The first-order valence-corrected chi connectivity index (χ1v) is 8.44. The lowest BCUT2D eigenvalue weighted by atomic mass is 10.1. The van der Waals surface area contributed by atoms with Crippen LogP contribution in [0.1, 0.15) is 18.9 Å². The van der Waals surface area contributed by atoms with Crippen molar-refractivity contribution in [3.8, 4) is 5.75 Å². The van der Waals surface area contributed by atoms with Crippen LogP contribution in [0.15, 0.2) is 29.3 Å². The molecule has 1 aliphatic rings. The Labute approximate surface area is 163 Å². The molecule has 6 heteroatoms. The van der Waals surface area contributed by atoms with Crippen molar-refractivity contribution < 1.29 is 4.74 Å². The fourth-order valence-electron chi connectivity index (χ4n) is 2.84. The van der Waals surface area contributed by atoms with Gasteiger partial charge in [-0.05, 0) is 51.4 Å². The fourth-order valence-corrected chi connectivity index (χ4v) is 2.84. The smallest absolute Gasteiger partial charge is 0.191 e. The number of aliphatic imine (C=N–C) groups is 1. The molecule has 1 saturated heterocycles. The molecule has 0 aromatic heterocycles. The number of benzene rings is 1. The molecule has 1 aromatic carbocycles. The van der Waals surface area contributed by atoms with Crippen LogP contribution in [0.3, 0.4) is 0 Å². The second kappa shape index (κ2) is 10.8. The Morgan fingerprint density at radius 1 is 1.38 bits per heavy atom. The molecular formula is C18H31IN4O.